The molecule has 42 heavy (non-hydrogen) atoms. The van der Waals surface area contributed by atoms with Crippen molar-refractivity contribution in [2.75, 3.05) is 49.3 Å². The zero-order valence-corrected chi connectivity index (χ0v) is 25.9. The highest BCUT2D eigenvalue weighted by molar-refractivity contribution is 7.92. The number of pyridine rings is 1. The first-order valence-corrected chi connectivity index (χ1v) is 17.0. The molecule has 0 aliphatic heterocycles. The van der Waals surface area contributed by atoms with Crippen LogP contribution >= 0.6 is 7.60 Å². The van der Waals surface area contributed by atoms with E-state index in [-0.39, 0.29) is 31.8 Å². The van der Waals surface area contributed by atoms with E-state index in [4.69, 9.17) is 18.8 Å². The van der Waals surface area contributed by atoms with Crippen LogP contribution in [-0.4, -0.2) is 58.6 Å². The molecule has 0 spiro atoms. The maximum atomic E-state index is 13.4. The monoisotopic (exact) mass is 614 g/mol. The minimum Gasteiger partial charge on any atom is -0.494 e. The molecule has 0 unspecified atom stereocenters. The highest BCUT2D eigenvalue weighted by Crippen LogP contribution is 2.47. The number of hydrogen-bond donors (Lipinski definition) is 3. The van der Waals surface area contributed by atoms with Crippen LogP contribution in [0, 0.1) is 6.92 Å². The number of aryl methyl sites for hydroxylation is 1. The molecule has 13 heteroatoms. The molecule has 0 aliphatic rings. The summed E-state index contributed by atoms with van der Waals surface area (Å²) in [6.45, 7) is 5.99. The Labute approximate surface area is 245 Å². The van der Waals surface area contributed by atoms with Crippen molar-refractivity contribution in [1.29, 1.82) is 0 Å². The molecule has 1 heterocycles. The predicted octanol–water partition coefficient (Wildman–Crippen LogP) is 5.82. The number of nitrogens with one attached hydrogen (secondary N) is 3. The molecule has 224 valence electrons. The van der Waals surface area contributed by atoms with Gasteiger partial charge in [-0.25, -0.2) is 13.4 Å². The third kappa shape index (κ3) is 7.19. The van der Waals surface area contributed by atoms with Crippen molar-refractivity contribution in [3.63, 3.8) is 0 Å². The molecule has 0 saturated carbocycles. The van der Waals surface area contributed by atoms with Gasteiger partial charge in [-0.2, -0.15) is 0 Å². The highest BCUT2D eigenvalue weighted by atomic mass is 32.2. The summed E-state index contributed by atoms with van der Waals surface area (Å²) in [5.41, 5.74) is 4.10. The molecule has 3 N–H and O–H groups in total. The normalized spacial score (nSPS) is 11.9. The van der Waals surface area contributed by atoms with E-state index in [9.17, 15) is 17.8 Å². The van der Waals surface area contributed by atoms with Gasteiger partial charge >= 0.3 is 7.60 Å². The van der Waals surface area contributed by atoms with E-state index < -0.39 is 17.6 Å². The number of amides is 1. The molecule has 11 nitrogen and oxygen atoms in total. The lowest BCUT2D eigenvalue weighted by Crippen LogP contribution is -2.27. The second-order valence-corrected chi connectivity index (χ2v) is 13.4. The Hall–Kier alpha value is -3.70. The fourth-order valence-electron chi connectivity index (χ4n) is 4.62. The van der Waals surface area contributed by atoms with E-state index in [1.54, 1.807) is 44.2 Å². The van der Waals surface area contributed by atoms with Gasteiger partial charge in [-0.15, -0.1) is 0 Å². The number of sulfonamides is 1. The molecule has 0 fully saturated rings. The number of methoxy groups -OCH3 is 1. The molecule has 4 aromatic rings. The summed E-state index contributed by atoms with van der Waals surface area (Å²) in [7, 11) is -5.29. The third-order valence-electron chi connectivity index (χ3n) is 6.37. The summed E-state index contributed by atoms with van der Waals surface area (Å²) in [4.78, 5) is 18.3. The average molecular weight is 615 g/mol. The maximum Gasteiger partial charge on any atom is 0.332 e. The Morgan fingerprint density at radius 1 is 0.976 bits per heavy atom. The van der Waals surface area contributed by atoms with E-state index in [0.29, 0.717) is 44.8 Å². The largest absolute Gasteiger partial charge is 0.494 e. The van der Waals surface area contributed by atoms with E-state index >= 15 is 0 Å². The number of nitrogens with zero attached hydrogens (tertiary/aromatic N) is 1. The Balaban J connectivity index is 1.76. The zero-order chi connectivity index (χ0) is 30.5. The van der Waals surface area contributed by atoms with Crippen molar-refractivity contribution in [2.45, 2.75) is 20.8 Å². The number of benzene rings is 3. The lowest BCUT2D eigenvalue weighted by atomic mass is 10.0. The molecule has 4 rings (SSSR count). The molecule has 0 aliphatic carbocycles. The standard InChI is InChI=1S/C29H35N4O7PS/c1-6-39-41(35,40-7-2)17-16-30-29(34)23-13-9-12-22-27(21-11-8-10-19(3)26(21)32-28(22)23)31-24-15-14-20(18-25(24)38-4)33-42(5,36)37/h8-15,18,33H,6-7,16-17H2,1-5H3,(H,30,34)(H,31,32). The summed E-state index contributed by atoms with van der Waals surface area (Å²) in [6.07, 6.45) is 1.12. The van der Waals surface area contributed by atoms with Gasteiger partial charge in [0.1, 0.15) is 5.75 Å². The summed E-state index contributed by atoms with van der Waals surface area (Å²) >= 11 is 0. The number of rotatable bonds is 13. The second kappa shape index (κ2) is 13.1. The number of fused-ring (bicyclic) bond motifs is 2. The fourth-order valence-corrected chi connectivity index (χ4v) is 6.68. The van der Waals surface area contributed by atoms with Gasteiger partial charge < -0.3 is 24.4 Å². The number of aromatic nitrogens is 1. The second-order valence-electron chi connectivity index (χ2n) is 9.50. The van der Waals surface area contributed by atoms with Crippen LogP contribution in [0.2, 0.25) is 0 Å². The molecule has 1 amide bonds. The van der Waals surface area contributed by atoms with Crippen LogP contribution in [0.5, 0.6) is 5.75 Å². The number of para-hydroxylation sites is 2. The summed E-state index contributed by atoms with van der Waals surface area (Å²) in [5, 5.41) is 7.79. The van der Waals surface area contributed by atoms with Gasteiger partial charge in [0.25, 0.3) is 5.91 Å². The van der Waals surface area contributed by atoms with Crippen molar-refractivity contribution in [3.8, 4) is 5.75 Å². The summed E-state index contributed by atoms with van der Waals surface area (Å²) in [5.74, 6) is 0.0386. The van der Waals surface area contributed by atoms with Crippen molar-refractivity contribution < 1.29 is 31.6 Å². The van der Waals surface area contributed by atoms with Gasteiger partial charge in [-0.05, 0) is 44.5 Å². The lowest BCUT2D eigenvalue weighted by Gasteiger charge is -2.19. The van der Waals surface area contributed by atoms with Gasteiger partial charge in [0.2, 0.25) is 10.0 Å². The minimum atomic E-state index is -3.47. The lowest BCUT2D eigenvalue weighted by molar-refractivity contribution is 0.0957. The van der Waals surface area contributed by atoms with E-state index in [1.807, 2.05) is 31.2 Å². The van der Waals surface area contributed by atoms with Crippen molar-refractivity contribution >= 4 is 62.4 Å². The van der Waals surface area contributed by atoms with Crippen molar-refractivity contribution in [2.24, 2.45) is 0 Å². The topological polar surface area (TPSA) is 145 Å². The Kier molecular flexibility index (Phi) is 9.73. The van der Waals surface area contributed by atoms with Crippen molar-refractivity contribution in [3.05, 3.63) is 65.7 Å². The van der Waals surface area contributed by atoms with Crippen LogP contribution in [0.25, 0.3) is 21.8 Å². The van der Waals surface area contributed by atoms with Gasteiger partial charge in [0.05, 0.1) is 66.4 Å². The molecule has 1 aromatic heterocycles. The first kappa shape index (κ1) is 31.2. The molecule has 0 atom stereocenters. The number of ether oxygens (including phenoxy) is 1. The highest BCUT2D eigenvalue weighted by Gasteiger charge is 2.24. The van der Waals surface area contributed by atoms with Crippen LogP contribution in [0.15, 0.2) is 54.6 Å². The van der Waals surface area contributed by atoms with Crippen LogP contribution in [0.4, 0.5) is 17.1 Å². The number of carbonyl (C=O) groups excluding carboxylic acids is 1. The molecule has 0 saturated heterocycles. The summed E-state index contributed by atoms with van der Waals surface area (Å²) in [6, 6.07) is 16.1. The van der Waals surface area contributed by atoms with E-state index in [0.717, 1.165) is 17.2 Å². The van der Waals surface area contributed by atoms with Crippen molar-refractivity contribution in [1.82, 2.24) is 10.3 Å². The van der Waals surface area contributed by atoms with E-state index in [2.05, 4.69) is 15.4 Å². The third-order valence-corrected chi connectivity index (χ3v) is 9.05. The first-order chi connectivity index (χ1) is 20.0. The average Bonchev–Trinajstić information content (AvgIpc) is 2.93. The fraction of sp³-hybridized carbons (Fsp3) is 0.310. The predicted molar refractivity (Wildman–Crippen MR) is 167 cm³/mol. The Bertz CT molecular complexity index is 1770. The Morgan fingerprint density at radius 3 is 2.29 bits per heavy atom. The first-order valence-electron chi connectivity index (χ1n) is 13.4. The van der Waals surface area contributed by atoms with Crippen LogP contribution in [0.3, 0.4) is 0 Å². The van der Waals surface area contributed by atoms with Gasteiger partial charge in [-0.3, -0.25) is 14.1 Å². The van der Waals surface area contributed by atoms with Crippen LogP contribution in [-0.2, 0) is 23.6 Å². The quantitative estimate of drug-likeness (QED) is 0.125. The molecular weight excluding hydrogens is 579 g/mol. The van der Waals surface area contributed by atoms with Gasteiger partial charge in [-0.1, -0.05) is 30.3 Å². The molecule has 0 bridgehead atoms. The molecule has 3 aromatic carbocycles. The van der Waals surface area contributed by atoms with E-state index in [1.165, 1.54) is 7.11 Å². The minimum absolute atomic E-state index is 0.0391. The number of carbonyl (C=O) groups is 1. The SMILES string of the molecule is CCOP(=O)(CCNC(=O)c1cccc2c(Nc3ccc(NS(C)(=O)=O)cc3OC)c3cccc(C)c3nc12)OCC. The number of hydrogen-bond acceptors (Lipinski definition) is 9. The van der Waals surface area contributed by atoms with Gasteiger partial charge in [0.15, 0.2) is 0 Å². The smallest absolute Gasteiger partial charge is 0.332 e. The summed E-state index contributed by atoms with van der Waals surface area (Å²) < 4.78 is 55.0. The zero-order valence-electron chi connectivity index (χ0n) is 24.2. The Morgan fingerprint density at radius 2 is 1.64 bits per heavy atom. The molecule has 0 radical (unpaired) electrons. The maximum absolute atomic E-state index is 13.4. The number of anilines is 3. The van der Waals surface area contributed by atoms with Gasteiger partial charge in [0, 0.05) is 23.4 Å². The van der Waals surface area contributed by atoms with Crippen LogP contribution < -0.4 is 20.1 Å². The van der Waals surface area contributed by atoms with Crippen LogP contribution in [0.1, 0.15) is 29.8 Å². The molecular formula is C29H35N4O7PS.